The summed E-state index contributed by atoms with van der Waals surface area (Å²) in [6.45, 7) is 4.77. The molecule has 0 spiro atoms. The third kappa shape index (κ3) is 12.8. The van der Waals surface area contributed by atoms with Crippen molar-refractivity contribution >= 4 is 12.1 Å². The van der Waals surface area contributed by atoms with Gasteiger partial charge in [-0.15, -0.1) is 0 Å². The van der Waals surface area contributed by atoms with Crippen molar-refractivity contribution in [3.8, 4) is 0 Å². The van der Waals surface area contributed by atoms with Gasteiger partial charge in [0.15, 0.2) is 0 Å². The zero-order valence-corrected chi connectivity index (χ0v) is 19.0. The topological polar surface area (TPSA) is 64.6 Å². The minimum absolute atomic E-state index is 0.165. The average molecular weight is 412 g/mol. The van der Waals surface area contributed by atoms with E-state index in [1.54, 1.807) is 6.92 Å². The van der Waals surface area contributed by atoms with Gasteiger partial charge in [0.2, 0.25) is 0 Å². The number of hydrogen-bond donors (Lipinski definition) is 1. The molecule has 1 rings (SSSR count). The van der Waals surface area contributed by atoms with Crippen LogP contribution in [0, 0.1) is 5.92 Å². The highest BCUT2D eigenvalue weighted by Crippen LogP contribution is 2.27. The standard InChI is InChI=1S/C24H45NO4/c1-3-5-6-7-8-9-10-11-12-13-17-20-29-23(26)22(25-24(27)28-4-2)21-18-15-14-16-19-21/h21-22H,3-20H2,1-2H3,(H,25,27). The second-order valence-electron chi connectivity index (χ2n) is 8.44. The zero-order chi connectivity index (χ0) is 21.2. The highest BCUT2D eigenvalue weighted by atomic mass is 16.6. The molecule has 170 valence electrons. The molecule has 0 aromatic heterocycles. The molecule has 1 N–H and O–H groups in total. The van der Waals surface area contributed by atoms with Crippen LogP contribution in [-0.2, 0) is 14.3 Å². The van der Waals surface area contributed by atoms with Gasteiger partial charge in [-0.25, -0.2) is 9.59 Å². The van der Waals surface area contributed by atoms with E-state index < -0.39 is 12.1 Å². The van der Waals surface area contributed by atoms with Crippen LogP contribution in [0.15, 0.2) is 0 Å². The normalized spacial score (nSPS) is 15.7. The van der Waals surface area contributed by atoms with E-state index in [0.717, 1.165) is 38.5 Å². The smallest absolute Gasteiger partial charge is 0.407 e. The second-order valence-corrected chi connectivity index (χ2v) is 8.44. The van der Waals surface area contributed by atoms with Crippen LogP contribution in [0.25, 0.3) is 0 Å². The summed E-state index contributed by atoms with van der Waals surface area (Å²) in [5, 5.41) is 2.75. The molecule has 29 heavy (non-hydrogen) atoms. The number of carbonyl (C=O) groups excluding carboxylic acids is 2. The number of carbonyl (C=O) groups is 2. The molecule has 0 aromatic carbocycles. The molecule has 1 fully saturated rings. The summed E-state index contributed by atoms with van der Waals surface area (Å²) in [6.07, 6.45) is 18.8. The molecule has 0 aliphatic heterocycles. The molecule has 0 radical (unpaired) electrons. The molecule has 5 nitrogen and oxygen atoms in total. The number of unbranched alkanes of at least 4 members (excludes halogenated alkanes) is 10. The lowest BCUT2D eigenvalue weighted by Crippen LogP contribution is -2.47. The average Bonchev–Trinajstić information content (AvgIpc) is 2.73. The van der Waals surface area contributed by atoms with Crippen molar-refractivity contribution < 1.29 is 19.1 Å². The molecule has 0 heterocycles. The van der Waals surface area contributed by atoms with Crippen molar-refractivity contribution in [2.45, 2.75) is 123 Å². The molecule has 0 saturated heterocycles. The summed E-state index contributed by atoms with van der Waals surface area (Å²) in [4.78, 5) is 24.4. The van der Waals surface area contributed by atoms with E-state index in [9.17, 15) is 9.59 Å². The number of hydrogen-bond acceptors (Lipinski definition) is 4. The number of ether oxygens (including phenoxy) is 2. The molecule has 1 unspecified atom stereocenters. The fourth-order valence-corrected chi connectivity index (χ4v) is 4.17. The molecule has 1 saturated carbocycles. The number of rotatable bonds is 16. The maximum atomic E-state index is 12.6. The first-order valence-corrected chi connectivity index (χ1v) is 12.3. The van der Waals surface area contributed by atoms with E-state index in [1.165, 1.54) is 64.2 Å². The van der Waals surface area contributed by atoms with Crippen LogP contribution in [0.5, 0.6) is 0 Å². The first kappa shape index (κ1) is 25.8. The van der Waals surface area contributed by atoms with Crippen LogP contribution < -0.4 is 5.32 Å². The van der Waals surface area contributed by atoms with Gasteiger partial charge in [0.05, 0.1) is 13.2 Å². The van der Waals surface area contributed by atoms with Crippen molar-refractivity contribution in [3.05, 3.63) is 0 Å². The highest BCUT2D eigenvalue weighted by Gasteiger charge is 2.32. The zero-order valence-electron chi connectivity index (χ0n) is 19.0. The molecule has 0 bridgehead atoms. The van der Waals surface area contributed by atoms with Crippen molar-refractivity contribution in [1.82, 2.24) is 5.32 Å². The largest absolute Gasteiger partial charge is 0.464 e. The Morgan fingerprint density at radius 3 is 1.90 bits per heavy atom. The highest BCUT2D eigenvalue weighted by molar-refractivity contribution is 5.81. The van der Waals surface area contributed by atoms with E-state index >= 15 is 0 Å². The van der Waals surface area contributed by atoms with Gasteiger partial charge in [0.25, 0.3) is 0 Å². The molecular formula is C24H45NO4. The van der Waals surface area contributed by atoms with E-state index in [1.807, 2.05) is 0 Å². The third-order valence-electron chi connectivity index (χ3n) is 5.92. The van der Waals surface area contributed by atoms with Crippen LogP contribution in [0.1, 0.15) is 117 Å². The molecule has 1 aliphatic rings. The third-order valence-corrected chi connectivity index (χ3v) is 5.92. The van der Waals surface area contributed by atoms with Gasteiger partial charge < -0.3 is 14.8 Å². The summed E-state index contributed by atoms with van der Waals surface area (Å²) in [5.74, 6) is -0.130. The number of amides is 1. The summed E-state index contributed by atoms with van der Waals surface area (Å²) in [5.41, 5.74) is 0. The van der Waals surface area contributed by atoms with Gasteiger partial charge in [-0.1, -0.05) is 90.4 Å². The number of esters is 1. The second kappa shape index (κ2) is 17.6. The van der Waals surface area contributed by atoms with Gasteiger partial charge in [0.1, 0.15) is 6.04 Å². The fourth-order valence-electron chi connectivity index (χ4n) is 4.17. The summed E-state index contributed by atoms with van der Waals surface area (Å²) in [7, 11) is 0. The predicted octanol–water partition coefficient (Wildman–Crippen LogP) is 6.54. The molecule has 1 aliphatic carbocycles. The Kier molecular flexibility index (Phi) is 15.6. The molecule has 5 heteroatoms. The van der Waals surface area contributed by atoms with Crippen LogP contribution in [-0.4, -0.2) is 31.3 Å². The van der Waals surface area contributed by atoms with Gasteiger partial charge in [-0.05, 0) is 32.1 Å². The molecule has 0 aromatic rings. The first-order valence-electron chi connectivity index (χ1n) is 12.3. The van der Waals surface area contributed by atoms with E-state index in [2.05, 4.69) is 12.2 Å². The van der Waals surface area contributed by atoms with Gasteiger partial charge in [-0.3, -0.25) is 0 Å². The van der Waals surface area contributed by atoms with E-state index in [-0.39, 0.29) is 11.9 Å². The fraction of sp³-hybridized carbons (Fsp3) is 0.917. The Hall–Kier alpha value is -1.26. The quantitative estimate of drug-likeness (QED) is 0.231. The number of nitrogens with one attached hydrogen (secondary N) is 1. The van der Waals surface area contributed by atoms with Crippen LogP contribution >= 0.6 is 0 Å². The molecule has 1 atom stereocenters. The lowest BCUT2D eigenvalue weighted by molar-refractivity contribution is -0.148. The van der Waals surface area contributed by atoms with Gasteiger partial charge in [0, 0.05) is 0 Å². The summed E-state index contributed by atoms with van der Waals surface area (Å²) in [6, 6.07) is -0.568. The maximum Gasteiger partial charge on any atom is 0.407 e. The Morgan fingerprint density at radius 1 is 0.793 bits per heavy atom. The first-order chi connectivity index (χ1) is 14.2. The Labute approximate surface area is 178 Å². The van der Waals surface area contributed by atoms with Crippen LogP contribution in [0.2, 0.25) is 0 Å². The van der Waals surface area contributed by atoms with E-state index in [4.69, 9.17) is 9.47 Å². The molecule has 1 amide bonds. The lowest BCUT2D eigenvalue weighted by Gasteiger charge is -2.29. The Morgan fingerprint density at radius 2 is 1.34 bits per heavy atom. The monoisotopic (exact) mass is 411 g/mol. The molecular weight excluding hydrogens is 366 g/mol. The van der Waals surface area contributed by atoms with Crippen LogP contribution in [0.3, 0.4) is 0 Å². The van der Waals surface area contributed by atoms with Crippen molar-refractivity contribution in [3.63, 3.8) is 0 Å². The minimum Gasteiger partial charge on any atom is -0.464 e. The SMILES string of the molecule is CCCCCCCCCCCCCOC(=O)C(NC(=O)OCC)C1CCCCC1. The van der Waals surface area contributed by atoms with E-state index in [0.29, 0.717) is 13.2 Å². The van der Waals surface area contributed by atoms with Gasteiger partial charge in [-0.2, -0.15) is 0 Å². The lowest BCUT2D eigenvalue weighted by atomic mass is 9.84. The maximum absolute atomic E-state index is 12.6. The number of alkyl carbamates (subject to hydrolysis) is 1. The predicted molar refractivity (Wildman–Crippen MR) is 118 cm³/mol. The Bertz CT molecular complexity index is 421. The van der Waals surface area contributed by atoms with Crippen molar-refractivity contribution in [2.24, 2.45) is 5.92 Å². The van der Waals surface area contributed by atoms with Gasteiger partial charge >= 0.3 is 12.1 Å². The summed E-state index contributed by atoms with van der Waals surface area (Å²) < 4.78 is 10.5. The van der Waals surface area contributed by atoms with Crippen molar-refractivity contribution in [2.75, 3.05) is 13.2 Å². The Balaban J connectivity index is 2.14. The summed E-state index contributed by atoms with van der Waals surface area (Å²) >= 11 is 0. The minimum atomic E-state index is -0.568. The van der Waals surface area contributed by atoms with Crippen molar-refractivity contribution in [1.29, 1.82) is 0 Å². The van der Waals surface area contributed by atoms with Crippen LogP contribution in [0.4, 0.5) is 4.79 Å².